The summed E-state index contributed by atoms with van der Waals surface area (Å²) in [5.74, 6) is -4.01. The summed E-state index contributed by atoms with van der Waals surface area (Å²) in [6.07, 6.45) is -2.78. The number of Topliss-reactive ketones (excluding diaryl/α,β-unsaturated/α-hetero) is 1. The molecule has 3 heterocycles. The van der Waals surface area contributed by atoms with Gasteiger partial charge in [-0.3, -0.25) is 9.59 Å². The summed E-state index contributed by atoms with van der Waals surface area (Å²) >= 11 is 0. The summed E-state index contributed by atoms with van der Waals surface area (Å²) < 4.78 is 30.2. The number of fused-ring (bicyclic) bond motifs is 1. The zero-order chi connectivity index (χ0) is 29.2. The summed E-state index contributed by atoms with van der Waals surface area (Å²) in [7, 11) is 1.43. The van der Waals surface area contributed by atoms with E-state index in [0.29, 0.717) is 12.0 Å². The minimum absolute atomic E-state index is 0.0172. The lowest BCUT2D eigenvalue weighted by Gasteiger charge is -2.51. The molecule has 9 atom stereocenters. The second-order valence-corrected chi connectivity index (χ2v) is 11.9. The Labute approximate surface area is 236 Å². The van der Waals surface area contributed by atoms with Gasteiger partial charge in [-0.2, -0.15) is 0 Å². The molecule has 10 nitrogen and oxygen atoms in total. The fraction of sp³-hybridized carbons (Fsp3) is 0.667. The second kappa shape index (κ2) is 12.4. The van der Waals surface area contributed by atoms with Gasteiger partial charge in [0.25, 0.3) is 0 Å². The number of ketones is 1. The molecule has 222 valence electrons. The number of methoxy groups -OCH3 is 1. The average molecular weight is 562 g/mol. The van der Waals surface area contributed by atoms with Crippen LogP contribution in [0.15, 0.2) is 42.5 Å². The van der Waals surface area contributed by atoms with Gasteiger partial charge in [0.2, 0.25) is 5.91 Å². The molecule has 4 rings (SSSR count). The molecule has 1 aromatic carbocycles. The summed E-state index contributed by atoms with van der Waals surface area (Å²) in [6.45, 7) is 11.6. The first kappa shape index (κ1) is 30.8. The molecule has 0 aliphatic carbocycles. The number of nitrogens with one attached hydrogen (secondary N) is 1. The number of carbonyl (C=O) groups excluding carboxylic acids is 2. The number of benzene rings is 1. The van der Waals surface area contributed by atoms with Crippen LogP contribution < -0.4 is 5.32 Å². The van der Waals surface area contributed by atoms with Crippen molar-refractivity contribution in [2.24, 2.45) is 17.3 Å². The molecule has 0 aromatic heterocycles. The predicted molar refractivity (Wildman–Crippen MR) is 145 cm³/mol. The van der Waals surface area contributed by atoms with Gasteiger partial charge in [0.05, 0.1) is 31.0 Å². The van der Waals surface area contributed by atoms with Crippen LogP contribution in [0.4, 0.5) is 0 Å². The third kappa shape index (κ3) is 6.18. The molecule has 3 saturated heterocycles. The average Bonchev–Trinajstić information content (AvgIpc) is 2.92. The molecule has 10 heteroatoms. The summed E-state index contributed by atoms with van der Waals surface area (Å²) in [4.78, 5) is 28.1. The third-order valence-corrected chi connectivity index (χ3v) is 8.67. The van der Waals surface area contributed by atoms with Gasteiger partial charge < -0.3 is 39.2 Å². The highest BCUT2D eigenvalue weighted by Crippen LogP contribution is 2.44. The number of hydrogen-bond donors (Lipinski definition) is 3. The fourth-order valence-electron chi connectivity index (χ4n) is 5.95. The first-order valence-electron chi connectivity index (χ1n) is 13.9. The van der Waals surface area contributed by atoms with E-state index in [9.17, 15) is 19.8 Å². The van der Waals surface area contributed by atoms with Crippen LogP contribution in [0.1, 0.15) is 57.3 Å². The molecule has 3 fully saturated rings. The highest BCUT2D eigenvalue weighted by Gasteiger charge is 2.55. The number of aliphatic hydroxyl groups is 2. The Balaban J connectivity index is 1.63. The molecule has 1 amide bonds. The normalized spacial score (nSPS) is 35.3. The van der Waals surface area contributed by atoms with Crippen LogP contribution in [0.2, 0.25) is 0 Å². The van der Waals surface area contributed by atoms with Gasteiger partial charge in [0.1, 0.15) is 12.9 Å². The Bertz CT molecular complexity index is 1060. The molecule has 40 heavy (non-hydrogen) atoms. The topological polar surface area (TPSA) is 133 Å². The van der Waals surface area contributed by atoms with Crippen molar-refractivity contribution >= 4 is 11.7 Å². The van der Waals surface area contributed by atoms with Gasteiger partial charge in [-0.15, -0.1) is 0 Å². The fourth-order valence-corrected chi connectivity index (χ4v) is 5.95. The first-order chi connectivity index (χ1) is 18.9. The summed E-state index contributed by atoms with van der Waals surface area (Å²) in [5.41, 5.74) is 0.807. The molecule has 1 aromatic rings. The number of aliphatic hydroxyl groups excluding tert-OH is 2. The predicted octanol–water partition coefficient (Wildman–Crippen LogP) is 2.57. The van der Waals surface area contributed by atoms with Crippen molar-refractivity contribution in [2.75, 3.05) is 20.5 Å². The Morgan fingerprint density at radius 3 is 2.52 bits per heavy atom. The van der Waals surface area contributed by atoms with Crippen LogP contribution in [0.25, 0.3) is 0 Å². The van der Waals surface area contributed by atoms with E-state index in [-0.39, 0.29) is 49.8 Å². The van der Waals surface area contributed by atoms with E-state index < -0.39 is 47.9 Å². The largest absolute Gasteiger partial charge is 0.394 e. The van der Waals surface area contributed by atoms with E-state index in [1.54, 1.807) is 30.3 Å². The van der Waals surface area contributed by atoms with Crippen molar-refractivity contribution in [1.82, 2.24) is 5.32 Å². The minimum Gasteiger partial charge on any atom is -0.394 e. The minimum atomic E-state index is -1.58. The zero-order valence-electron chi connectivity index (χ0n) is 24.0. The van der Waals surface area contributed by atoms with Gasteiger partial charge in [-0.1, -0.05) is 63.3 Å². The van der Waals surface area contributed by atoms with Crippen LogP contribution in [0, 0.1) is 17.3 Å². The molecular weight excluding hydrogens is 518 g/mol. The van der Waals surface area contributed by atoms with Crippen molar-refractivity contribution < 1.29 is 43.5 Å². The van der Waals surface area contributed by atoms with E-state index in [2.05, 4.69) is 11.9 Å². The SMILES string of the molecule is C=C1C[C@](OC)([C@H](C(=O)N[C@@H]2OCO[C@@H]3CC(C)(C)[C@@H](C[C@H](O)CO)O[C@H]23)C(=O)c2ccccc2)O[C@H](C)[C@@H]1C. The lowest BCUT2D eigenvalue weighted by Crippen LogP contribution is -2.64. The molecule has 0 radical (unpaired) electrons. The molecular formula is C30H43NO9. The standard InChI is InChI=1S/C30H43NO9/c1-17-13-30(36-6,40-19(3)18(17)2)24(25(34)20-10-8-7-9-11-20)27(35)31-28-26-22(37-16-38-28)14-29(4,5)23(39-26)12-21(33)15-32/h7-11,18-19,21-24,26,28,32-33H,1,12-16H2,2-6H3,(H,31,35)/t18-,19-,21+,22-,23-,24+,26+,28-,30-/m1/s1. The van der Waals surface area contributed by atoms with Crippen molar-refractivity contribution in [3.63, 3.8) is 0 Å². The van der Waals surface area contributed by atoms with Crippen molar-refractivity contribution in [3.8, 4) is 0 Å². The molecule has 0 bridgehead atoms. The monoisotopic (exact) mass is 561 g/mol. The van der Waals surface area contributed by atoms with Gasteiger partial charge in [0.15, 0.2) is 23.7 Å². The number of rotatable bonds is 9. The summed E-state index contributed by atoms with van der Waals surface area (Å²) in [5, 5.41) is 22.4. The lowest BCUT2D eigenvalue weighted by atomic mass is 9.75. The van der Waals surface area contributed by atoms with Gasteiger partial charge in [0, 0.05) is 31.4 Å². The maximum absolute atomic E-state index is 14.1. The molecule has 0 spiro atoms. The lowest BCUT2D eigenvalue weighted by molar-refractivity contribution is -0.301. The number of carbonyl (C=O) groups is 2. The molecule has 0 saturated carbocycles. The van der Waals surface area contributed by atoms with Crippen LogP contribution in [-0.4, -0.2) is 84.9 Å². The maximum atomic E-state index is 14.1. The Morgan fingerprint density at radius 2 is 1.90 bits per heavy atom. The third-order valence-electron chi connectivity index (χ3n) is 8.67. The first-order valence-corrected chi connectivity index (χ1v) is 13.9. The molecule has 0 unspecified atom stereocenters. The van der Waals surface area contributed by atoms with E-state index in [4.69, 9.17) is 23.7 Å². The molecule has 3 aliphatic heterocycles. The van der Waals surface area contributed by atoms with E-state index in [1.807, 2.05) is 27.7 Å². The highest BCUT2D eigenvalue weighted by atomic mass is 16.7. The van der Waals surface area contributed by atoms with Crippen molar-refractivity contribution in [1.29, 1.82) is 0 Å². The Hall–Kier alpha value is -2.18. The molecule has 3 N–H and O–H groups in total. The van der Waals surface area contributed by atoms with Crippen molar-refractivity contribution in [2.45, 2.75) is 89.5 Å². The maximum Gasteiger partial charge on any atom is 0.238 e. The number of hydrogen-bond acceptors (Lipinski definition) is 9. The van der Waals surface area contributed by atoms with Crippen LogP contribution in [0.5, 0.6) is 0 Å². The van der Waals surface area contributed by atoms with Gasteiger partial charge in [-0.05, 0) is 18.8 Å². The van der Waals surface area contributed by atoms with Crippen LogP contribution in [-0.2, 0) is 28.5 Å². The van der Waals surface area contributed by atoms with E-state index in [1.165, 1.54) is 7.11 Å². The quantitative estimate of drug-likeness (QED) is 0.236. The zero-order valence-corrected chi connectivity index (χ0v) is 24.0. The van der Waals surface area contributed by atoms with Crippen LogP contribution >= 0.6 is 0 Å². The Kier molecular flexibility index (Phi) is 9.51. The highest BCUT2D eigenvalue weighted by molar-refractivity contribution is 6.11. The summed E-state index contributed by atoms with van der Waals surface area (Å²) in [6, 6.07) is 8.57. The number of ether oxygens (including phenoxy) is 5. The van der Waals surface area contributed by atoms with Crippen molar-refractivity contribution in [3.05, 3.63) is 48.0 Å². The number of amides is 1. The van der Waals surface area contributed by atoms with Crippen LogP contribution in [0.3, 0.4) is 0 Å². The van der Waals surface area contributed by atoms with Gasteiger partial charge in [-0.25, -0.2) is 0 Å². The molecule has 3 aliphatic rings. The second-order valence-electron chi connectivity index (χ2n) is 11.9. The van der Waals surface area contributed by atoms with Gasteiger partial charge >= 0.3 is 0 Å². The Morgan fingerprint density at radius 1 is 1.20 bits per heavy atom. The van der Waals surface area contributed by atoms with E-state index in [0.717, 1.165) is 5.57 Å². The van der Waals surface area contributed by atoms with E-state index >= 15 is 0 Å². The smallest absolute Gasteiger partial charge is 0.238 e.